The van der Waals surface area contributed by atoms with Crippen LogP contribution >= 0.6 is 0 Å². The Labute approximate surface area is 133 Å². The zero-order valence-corrected chi connectivity index (χ0v) is 12.8. The van der Waals surface area contributed by atoms with Crippen LogP contribution in [-0.2, 0) is 11.2 Å². The number of anilines is 1. The highest BCUT2D eigenvalue weighted by Crippen LogP contribution is 2.34. The van der Waals surface area contributed by atoms with Crippen LogP contribution in [0.15, 0.2) is 30.3 Å². The first-order valence-corrected chi connectivity index (χ1v) is 7.67. The molecular formula is C16H18N4O3. The number of hydrogen-bond acceptors (Lipinski definition) is 4. The summed E-state index contributed by atoms with van der Waals surface area (Å²) in [5.74, 6) is -0.502. The Bertz CT molecular complexity index is 723. The van der Waals surface area contributed by atoms with Crippen molar-refractivity contribution in [2.24, 2.45) is 5.92 Å². The van der Waals surface area contributed by atoms with E-state index in [2.05, 4.69) is 34.6 Å². The van der Waals surface area contributed by atoms with Crippen molar-refractivity contribution in [3.63, 3.8) is 0 Å². The number of nitro groups is 1. The van der Waals surface area contributed by atoms with E-state index in [0.29, 0.717) is 12.2 Å². The van der Waals surface area contributed by atoms with Crippen LogP contribution in [0.4, 0.5) is 5.82 Å². The first-order valence-electron chi connectivity index (χ1n) is 7.67. The third-order valence-corrected chi connectivity index (χ3v) is 4.00. The maximum atomic E-state index is 11.9. The van der Waals surface area contributed by atoms with Crippen molar-refractivity contribution in [2.75, 3.05) is 5.32 Å². The van der Waals surface area contributed by atoms with E-state index in [9.17, 15) is 14.9 Å². The first-order chi connectivity index (χ1) is 11.1. The summed E-state index contributed by atoms with van der Waals surface area (Å²) in [6, 6.07) is 9.14. The lowest BCUT2D eigenvalue weighted by atomic mass is 10.1. The van der Waals surface area contributed by atoms with Crippen LogP contribution in [0.2, 0.25) is 0 Å². The van der Waals surface area contributed by atoms with E-state index < -0.39 is 16.9 Å². The lowest BCUT2D eigenvalue weighted by Crippen LogP contribution is -2.18. The third kappa shape index (κ3) is 3.39. The predicted octanol–water partition coefficient (Wildman–Crippen LogP) is 2.63. The summed E-state index contributed by atoms with van der Waals surface area (Å²) in [5.41, 5.74) is 3.06. The molecule has 23 heavy (non-hydrogen) atoms. The van der Waals surface area contributed by atoms with Crippen molar-refractivity contribution in [3.8, 4) is 11.3 Å². The SMILES string of the molecule is CCCc1ccc(-c2cc(NC(=O)[C@H]3C[C@@H]3[N+](=O)[O-])n[nH]2)cc1. The topological polar surface area (TPSA) is 101 Å². The van der Waals surface area contributed by atoms with E-state index in [0.717, 1.165) is 24.1 Å². The van der Waals surface area contributed by atoms with Gasteiger partial charge in [-0.2, -0.15) is 5.10 Å². The first kappa shape index (κ1) is 15.2. The average molecular weight is 314 g/mol. The molecular weight excluding hydrogens is 296 g/mol. The van der Waals surface area contributed by atoms with Crippen molar-refractivity contribution < 1.29 is 9.72 Å². The van der Waals surface area contributed by atoms with Gasteiger partial charge < -0.3 is 5.32 Å². The lowest BCUT2D eigenvalue weighted by molar-refractivity contribution is -0.497. The standard InChI is InChI=1S/C16H18N4O3/c1-2-3-10-4-6-11(7-5-10)13-9-15(19-18-13)17-16(21)12-8-14(12)20(22)23/h4-7,9,12,14H,2-3,8H2,1H3,(H2,17,18,19,21)/t12-,14-/m0/s1. The highest BCUT2D eigenvalue weighted by molar-refractivity contribution is 5.94. The molecule has 1 aromatic heterocycles. The molecule has 120 valence electrons. The molecule has 1 aromatic carbocycles. The molecule has 0 bridgehead atoms. The smallest absolute Gasteiger partial charge is 0.235 e. The molecule has 0 spiro atoms. The minimum absolute atomic E-state index is 0.301. The van der Waals surface area contributed by atoms with Crippen LogP contribution in [0.1, 0.15) is 25.3 Å². The maximum absolute atomic E-state index is 11.9. The van der Waals surface area contributed by atoms with Gasteiger partial charge in [-0.1, -0.05) is 37.6 Å². The number of nitrogens with one attached hydrogen (secondary N) is 2. The monoisotopic (exact) mass is 314 g/mol. The van der Waals surface area contributed by atoms with Crippen LogP contribution < -0.4 is 5.32 Å². The molecule has 1 aliphatic carbocycles. The Hall–Kier alpha value is -2.70. The predicted molar refractivity (Wildman–Crippen MR) is 85.5 cm³/mol. The zero-order chi connectivity index (χ0) is 16.4. The van der Waals surface area contributed by atoms with E-state index >= 15 is 0 Å². The number of rotatable bonds is 6. The Morgan fingerprint density at radius 3 is 2.78 bits per heavy atom. The van der Waals surface area contributed by atoms with Gasteiger partial charge in [0.05, 0.1) is 5.69 Å². The summed E-state index contributed by atoms with van der Waals surface area (Å²) in [6.07, 6.45) is 2.45. The van der Waals surface area contributed by atoms with Crippen LogP contribution in [0.25, 0.3) is 11.3 Å². The Balaban J connectivity index is 1.64. The van der Waals surface area contributed by atoms with Crippen LogP contribution in [0.3, 0.4) is 0 Å². The summed E-state index contributed by atoms with van der Waals surface area (Å²) in [4.78, 5) is 22.1. The number of benzene rings is 1. The Morgan fingerprint density at radius 1 is 1.43 bits per heavy atom. The number of H-pyrrole nitrogens is 1. The second kappa shape index (κ2) is 6.20. The van der Waals surface area contributed by atoms with Gasteiger partial charge in [0.25, 0.3) is 0 Å². The Morgan fingerprint density at radius 2 is 2.17 bits per heavy atom. The van der Waals surface area contributed by atoms with Crippen molar-refractivity contribution in [1.82, 2.24) is 10.2 Å². The second-order valence-corrected chi connectivity index (χ2v) is 5.80. The second-order valence-electron chi connectivity index (χ2n) is 5.80. The fourth-order valence-corrected chi connectivity index (χ4v) is 2.59. The quantitative estimate of drug-likeness (QED) is 0.632. The van der Waals surface area contributed by atoms with E-state index in [4.69, 9.17) is 0 Å². The molecule has 2 N–H and O–H groups in total. The number of aromatic nitrogens is 2. The number of carbonyl (C=O) groups is 1. The largest absolute Gasteiger partial charge is 0.309 e. The van der Waals surface area contributed by atoms with Crippen molar-refractivity contribution in [1.29, 1.82) is 0 Å². The number of hydrogen-bond donors (Lipinski definition) is 2. The van der Waals surface area contributed by atoms with E-state index in [1.54, 1.807) is 6.07 Å². The highest BCUT2D eigenvalue weighted by atomic mass is 16.6. The van der Waals surface area contributed by atoms with Crippen LogP contribution in [0.5, 0.6) is 0 Å². The molecule has 0 unspecified atom stereocenters. The molecule has 0 saturated heterocycles. The Kier molecular flexibility index (Phi) is 4.10. The molecule has 2 atom stereocenters. The molecule has 1 aliphatic rings. The fraction of sp³-hybridized carbons (Fsp3) is 0.375. The third-order valence-electron chi connectivity index (χ3n) is 4.00. The van der Waals surface area contributed by atoms with Gasteiger partial charge in [0.1, 0.15) is 5.92 Å². The van der Waals surface area contributed by atoms with Crippen LogP contribution in [0, 0.1) is 16.0 Å². The lowest BCUT2D eigenvalue weighted by Gasteiger charge is -2.01. The van der Waals surface area contributed by atoms with E-state index in [1.807, 2.05) is 12.1 Å². The van der Waals surface area contributed by atoms with Gasteiger partial charge in [0.15, 0.2) is 5.82 Å². The van der Waals surface area contributed by atoms with Crippen molar-refractivity contribution >= 4 is 11.7 Å². The highest BCUT2D eigenvalue weighted by Gasteiger charge is 2.53. The summed E-state index contributed by atoms with van der Waals surface area (Å²) >= 11 is 0. The number of carbonyl (C=O) groups excluding carboxylic acids is 1. The van der Waals surface area contributed by atoms with Crippen molar-refractivity contribution in [3.05, 3.63) is 46.0 Å². The molecule has 0 aliphatic heterocycles. The van der Waals surface area contributed by atoms with Gasteiger partial charge >= 0.3 is 0 Å². The molecule has 1 saturated carbocycles. The van der Waals surface area contributed by atoms with E-state index in [-0.39, 0.29) is 5.91 Å². The maximum Gasteiger partial charge on any atom is 0.235 e. The van der Waals surface area contributed by atoms with Gasteiger partial charge in [0.2, 0.25) is 11.9 Å². The average Bonchev–Trinajstić information content (AvgIpc) is 3.22. The minimum atomic E-state index is -0.750. The molecule has 3 rings (SSSR count). The van der Waals surface area contributed by atoms with Gasteiger partial charge in [-0.05, 0) is 17.5 Å². The normalized spacial score (nSPS) is 19.3. The molecule has 1 heterocycles. The van der Waals surface area contributed by atoms with Gasteiger partial charge in [0, 0.05) is 17.4 Å². The number of nitrogens with zero attached hydrogens (tertiary/aromatic N) is 2. The van der Waals surface area contributed by atoms with Gasteiger partial charge in [-0.25, -0.2) is 0 Å². The van der Waals surface area contributed by atoms with Crippen molar-refractivity contribution in [2.45, 2.75) is 32.2 Å². The van der Waals surface area contributed by atoms with Gasteiger partial charge in [-0.15, -0.1) is 0 Å². The molecule has 7 heteroatoms. The van der Waals surface area contributed by atoms with Crippen LogP contribution in [-0.4, -0.2) is 27.1 Å². The zero-order valence-electron chi connectivity index (χ0n) is 12.8. The minimum Gasteiger partial charge on any atom is -0.309 e. The molecule has 7 nitrogen and oxygen atoms in total. The fourth-order valence-electron chi connectivity index (χ4n) is 2.59. The molecule has 1 fully saturated rings. The number of aromatic amines is 1. The molecule has 1 amide bonds. The molecule has 2 aromatic rings. The number of aryl methyl sites for hydroxylation is 1. The summed E-state index contributed by atoms with van der Waals surface area (Å²) in [5, 5.41) is 20.1. The number of amides is 1. The summed E-state index contributed by atoms with van der Waals surface area (Å²) < 4.78 is 0. The van der Waals surface area contributed by atoms with Gasteiger partial charge in [-0.3, -0.25) is 20.0 Å². The summed E-state index contributed by atoms with van der Waals surface area (Å²) in [6.45, 7) is 2.14. The summed E-state index contributed by atoms with van der Waals surface area (Å²) in [7, 11) is 0. The molecule has 0 radical (unpaired) electrons. The van der Waals surface area contributed by atoms with E-state index in [1.165, 1.54) is 5.56 Å².